The fourth-order valence-electron chi connectivity index (χ4n) is 0.929. The molecular weight excluding hydrogens is 204 g/mol. The normalized spacial score (nSPS) is 23.1. The predicted octanol–water partition coefficient (Wildman–Crippen LogP) is -0.549. The maximum Gasteiger partial charge on any atom is 0.303 e. The van der Waals surface area contributed by atoms with Crippen LogP contribution in [0.2, 0.25) is 0 Å². The summed E-state index contributed by atoms with van der Waals surface area (Å²) in [5, 5.41) is 0. The van der Waals surface area contributed by atoms with Crippen molar-refractivity contribution >= 4 is 17.7 Å². The molecule has 0 spiro atoms. The van der Waals surface area contributed by atoms with Gasteiger partial charge in [-0.1, -0.05) is 0 Å². The monoisotopic (exact) mass is 216 g/mol. The Kier molecular flexibility index (Phi) is 3.41. The van der Waals surface area contributed by atoms with Gasteiger partial charge in [0.2, 0.25) is 5.78 Å². The highest BCUT2D eigenvalue weighted by molar-refractivity contribution is 5.92. The fraction of sp³-hybridized carbons (Fsp3) is 0.667. The Morgan fingerprint density at radius 2 is 1.73 bits per heavy atom. The van der Waals surface area contributed by atoms with E-state index in [1.54, 1.807) is 0 Å². The summed E-state index contributed by atoms with van der Waals surface area (Å²) < 4.78 is 14.1. The Labute approximate surface area is 86.5 Å². The molecule has 0 saturated carbocycles. The molecule has 1 atom stereocenters. The number of carbonyl (C=O) groups excluding carboxylic acids is 3. The average molecular weight is 216 g/mol. The number of ether oxygens (including phenoxy) is 3. The van der Waals surface area contributed by atoms with Gasteiger partial charge in [0.05, 0.1) is 6.61 Å². The van der Waals surface area contributed by atoms with Gasteiger partial charge in [0.15, 0.2) is 12.2 Å². The quantitative estimate of drug-likeness (QED) is 0.453. The number of epoxide rings is 1. The molecule has 0 aliphatic carbocycles. The van der Waals surface area contributed by atoms with Crippen LogP contribution in [0.15, 0.2) is 0 Å². The number of hydrogen-bond acceptors (Lipinski definition) is 6. The summed E-state index contributed by atoms with van der Waals surface area (Å²) in [4.78, 5) is 32.4. The van der Waals surface area contributed by atoms with E-state index in [9.17, 15) is 14.4 Å². The van der Waals surface area contributed by atoms with Crippen LogP contribution in [0.1, 0.15) is 13.8 Å². The molecule has 84 valence electrons. The maximum absolute atomic E-state index is 11.5. The first-order valence-corrected chi connectivity index (χ1v) is 4.40. The highest BCUT2D eigenvalue weighted by Gasteiger charge is 2.53. The summed E-state index contributed by atoms with van der Waals surface area (Å²) in [5.41, 5.74) is -1.08. The van der Waals surface area contributed by atoms with Crippen molar-refractivity contribution in [1.82, 2.24) is 0 Å². The molecule has 1 heterocycles. The van der Waals surface area contributed by atoms with E-state index in [2.05, 4.69) is 9.47 Å². The van der Waals surface area contributed by atoms with Gasteiger partial charge in [0.1, 0.15) is 6.61 Å². The molecule has 6 heteroatoms. The maximum atomic E-state index is 11.5. The van der Waals surface area contributed by atoms with Crippen molar-refractivity contribution in [3.8, 4) is 0 Å². The van der Waals surface area contributed by atoms with Crippen LogP contribution in [0, 0.1) is 0 Å². The van der Waals surface area contributed by atoms with Crippen molar-refractivity contribution in [2.75, 3.05) is 19.8 Å². The van der Waals surface area contributed by atoms with Gasteiger partial charge in [-0.3, -0.25) is 14.4 Å². The Morgan fingerprint density at radius 3 is 2.13 bits per heavy atom. The third-order valence-electron chi connectivity index (χ3n) is 1.92. The minimum absolute atomic E-state index is 0.123. The minimum atomic E-state index is -1.08. The number of carbonyl (C=O) groups is 3. The van der Waals surface area contributed by atoms with Gasteiger partial charge in [0.25, 0.3) is 0 Å². The van der Waals surface area contributed by atoms with E-state index in [-0.39, 0.29) is 25.6 Å². The summed E-state index contributed by atoms with van der Waals surface area (Å²) in [6.45, 7) is 2.17. The van der Waals surface area contributed by atoms with Crippen molar-refractivity contribution < 1.29 is 28.6 Å². The van der Waals surface area contributed by atoms with Gasteiger partial charge in [-0.2, -0.15) is 0 Å². The molecule has 1 fully saturated rings. The summed E-state index contributed by atoms with van der Waals surface area (Å²) in [6, 6.07) is 0. The Bertz CT molecular complexity index is 291. The van der Waals surface area contributed by atoms with Crippen LogP contribution in [-0.4, -0.2) is 43.1 Å². The van der Waals surface area contributed by atoms with Crippen molar-refractivity contribution in [2.45, 2.75) is 19.4 Å². The van der Waals surface area contributed by atoms with Gasteiger partial charge in [-0.05, 0) is 0 Å². The number of Topliss-reactive ketones (excluding diaryl/α,β-unsaturated/α-hetero) is 1. The Balaban J connectivity index is 2.37. The van der Waals surface area contributed by atoms with E-state index >= 15 is 0 Å². The third-order valence-corrected chi connectivity index (χ3v) is 1.92. The van der Waals surface area contributed by atoms with Crippen LogP contribution >= 0.6 is 0 Å². The topological polar surface area (TPSA) is 82.2 Å². The molecule has 0 radical (unpaired) electrons. The van der Waals surface area contributed by atoms with Crippen LogP contribution in [0.25, 0.3) is 0 Å². The van der Waals surface area contributed by atoms with Gasteiger partial charge < -0.3 is 14.2 Å². The SMILES string of the molecule is CC(=O)OCC(=O)C1(COC(C)=O)CO1. The lowest BCUT2D eigenvalue weighted by Gasteiger charge is -2.10. The summed E-state index contributed by atoms with van der Waals surface area (Å²) >= 11 is 0. The molecule has 0 aromatic carbocycles. The molecular formula is C9H12O6. The van der Waals surface area contributed by atoms with Gasteiger partial charge in [-0.15, -0.1) is 0 Å². The minimum Gasteiger partial charge on any atom is -0.462 e. The zero-order valence-corrected chi connectivity index (χ0v) is 8.57. The molecule has 0 amide bonds. The summed E-state index contributed by atoms with van der Waals surface area (Å²) in [6.07, 6.45) is 0. The smallest absolute Gasteiger partial charge is 0.303 e. The second-order valence-corrected chi connectivity index (χ2v) is 3.27. The molecule has 0 aromatic heterocycles. The zero-order chi connectivity index (χ0) is 11.5. The Morgan fingerprint density at radius 1 is 1.20 bits per heavy atom. The van der Waals surface area contributed by atoms with Gasteiger partial charge >= 0.3 is 11.9 Å². The van der Waals surface area contributed by atoms with E-state index in [1.165, 1.54) is 13.8 Å². The number of hydrogen-bond donors (Lipinski definition) is 0. The first kappa shape index (κ1) is 11.6. The molecule has 6 nitrogen and oxygen atoms in total. The van der Waals surface area contributed by atoms with Crippen molar-refractivity contribution in [3.05, 3.63) is 0 Å². The number of rotatable bonds is 5. The number of esters is 2. The van der Waals surface area contributed by atoms with Gasteiger partial charge in [0, 0.05) is 13.8 Å². The second kappa shape index (κ2) is 4.39. The van der Waals surface area contributed by atoms with Crippen LogP contribution in [-0.2, 0) is 28.6 Å². The lowest BCUT2D eigenvalue weighted by Crippen LogP contribution is -2.34. The summed E-state index contributed by atoms with van der Waals surface area (Å²) in [7, 11) is 0. The van der Waals surface area contributed by atoms with Crippen molar-refractivity contribution in [3.63, 3.8) is 0 Å². The van der Waals surface area contributed by atoms with Crippen molar-refractivity contribution in [1.29, 1.82) is 0 Å². The third kappa shape index (κ3) is 3.32. The van der Waals surface area contributed by atoms with E-state index in [0.29, 0.717) is 0 Å². The van der Waals surface area contributed by atoms with Gasteiger partial charge in [-0.25, -0.2) is 0 Å². The second-order valence-electron chi connectivity index (χ2n) is 3.27. The van der Waals surface area contributed by atoms with E-state index < -0.39 is 17.5 Å². The number of ketones is 1. The highest BCUT2D eigenvalue weighted by Crippen LogP contribution is 2.28. The molecule has 0 aromatic rings. The lowest BCUT2D eigenvalue weighted by atomic mass is 10.1. The molecule has 1 saturated heterocycles. The first-order valence-electron chi connectivity index (χ1n) is 4.40. The molecule has 1 unspecified atom stereocenters. The first-order chi connectivity index (χ1) is 6.96. The van der Waals surface area contributed by atoms with E-state index in [1.807, 2.05) is 0 Å². The molecule has 1 aliphatic heterocycles. The highest BCUT2D eigenvalue weighted by atomic mass is 16.6. The van der Waals surface area contributed by atoms with Crippen LogP contribution in [0.5, 0.6) is 0 Å². The molecule has 1 rings (SSSR count). The van der Waals surface area contributed by atoms with E-state index in [0.717, 1.165) is 0 Å². The Hall–Kier alpha value is -1.43. The molecule has 15 heavy (non-hydrogen) atoms. The fourth-order valence-corrected chi connectivity index (χ4v) is 0.929. The summed E-state index contributed by atoms with van der Waals surface area (Å²) in [5.74, 6) is -1.41. The van der Waals surface area contributed by atoms with Crippen LogP contribution in [0.4, 0.5) is 0 Å². The standard InChI is InChI=1S/C9H12O6/c1-6(10)13-3-8(12)9(5-15-9)4-14-7(2)11/h3-5H2,1-2H3. The zero-order valence-electron chi connectivity index (χ0n) is 8.57. The predicted molar refractivity (Wildman–Crippen MR) is 47.0 cm³/mol. The van der Waals surface area contributed by atoms with Crippen LogP contribution in [0.3, 0.4) is 0 Å². The molecule has 0 N–H and O–H groups in total. The van der Waals surface area contributed by atoms with Crippen molar-refractivity contribution in [2.24, 2.45) is 0 Å². The van der Waals surface area contributed by atoms with E-state index in [4.69, 9.17) is 4.74 Å². The average Bonchev–Trinajstić information content (AvgIpc) is 2.92. The molecule has 1 aliphatic rings. The van der Waals surface area contributed by atoms with Crippen LogP contribution < -0.4 is 0 Å². The largest absolute Gasteiger partial charge is 0.462 e. The molecule has 0 bridgehead atoms. The lowest BCUT2D eigenvalue weighted by molar-refractivity contribution is -0.150.